The number of unbranched alkanes of at least 4 members (excludes halogenated alkanes) is 9. The Morgan fingerprint density at radius 3 is 0.920 bits per heavy atom. The number of benzene rings is 8. The molecule has 4 unspecified atom stereocenters. The van der Waals surface area contributed by atoms with Crippen molar-refractivity contribution >= 4 is 35.5 Å². The second-order valence-electron chi connectivity index (χ2n) is 25.9. The molecular formula is C87H109ClO12. The fourth-order valence-electron chi connectivity index (χ4n) is 10.2. The van der Waals surface area contributed by atoms with Gasteiger partial charge < -0.3 is 37.9 Å². The van der Waals surface area contributed by atoms with Gasteiger partial charge in [0, 0.05) is 0 Å². The normalized spacial score (nSPS) is 11.8. The van der Waals surface area contributed by atoms with Crippen LogP contribution in [0.4, 0.5) is 0 Å². The lowest BCUT2D eigenvalue weighted by molar-refractivity contribution is 0.0725. The van der Waals surface area contributed by atoms with Crippen molar-refractivity contribution in [1.82, 2.24) is 0 Å². The maximum atomic E-state index is 12.2. The Labute approximate surface area is 602 Å². The topological polar surface area (TPSA) is 142 Å². The molecule has 0 saturated carbocycles. The van der Waals surface area contributed by atoms with Gasteiger partial charge in [-0.25, -0.2) is 19.2 Å². The van der Waals surface area contributed by atoms with Gasteiger partial charge >= 0.3 is 23.9 Å². The van der Waals surface area contributed by atoms with E-state index in [0.29, 0.717) is 56.9 Å². The predicted octanol–water partition coefficient (Wildman–Crippen LogP) is 23.9. The molecule has 0 fully saturated rings. The highest BCUT2D eigenvalue weighted by molar-refractivity contribution is 6.33. The summed E-state index contributed by atoms with van der Waals surface area (Å²) in [6, 6.07) is 56.0. The van der Waals surface area contributed by atoms with Crippen molar-refractivity contribution in [3.63, 3.8) is 0 Å². The van der Waals surface area contributed by atoms with Gasteiger partial charge in [0.05, 0.1) is 52.2 Å². The maximum absolute atomic E-state index is 12.2. The fourth-order valence-corrected chi connectivity index (χ4v) is 10.5. The number of esters is 4. The first-order valence-corrected chi connectivity index (χ1v) is 36.5. The number of carbonyl (C=O) groups excluding carboxylic acids is 4. The Hall–Kier alpha value is -8.87. The first-order chi connectivity index (χ1) is 48.2. The van der Waals surface area contributed by atoms with E-state index in [4.69, 9.17) is 49.5 Å². The second-order valence-corrected chi connectivity index (χ2v) is 26.3. The molecule has 0 aliphatic carbocycles. The summed E-state index contributed by atoms with van der Waals surface area (Å²) in [4.78, 5) is 48.7. The van der Waals surface area contributed by atoms with Crippen LogP contribution < -0.4 is 37.9 Å². The fraction of sp³-hybridized carbons (Fsp3) is 0.402. The van der Waals surface area contributed by atoms with Gasteiger partial charge in [0.2, 0.25) is 0 Å². The molecule has 0 bridgehead atoms. The van der Waals surface area contributed by atoms with E-state index in [1.54, 1.807) is 97.1 Å². The Morgan fingerprint density at radius 1 is 0.320 bits per heavy atom. The van der Waals surface area contributed by atoms with Crippen molar-refractivity contribution in [2.24, 2.45) is 5.92 Å². The summed E-state index contributed by atoms with van der Waals surface area (Å²) in [6.07, 6.45) is 22.0. The van der Waals surface area contributed by atoms with Gasteiger partial charge in [-0.3, -0.25) is 0 Å². The van der Waals surface area contributed by atoms with Crippen LogP contribution in [0, 0.1) is 33.6 Å². The van der Waals surface area contributed by atoms with Crippen LogP contribution in [0.15, 0.2) is 188 Å². The molecule has 536 valence electrons. The van der Waals surface area contributed by atoms with Crippen molar-refractivity contribution in [2.75, 3.05) is 6.61 Å². The largest absolute Gasteiger partial charge is 0.494 e. The predicted molar refractivity (Wildman–Crippen MR) is 406 cm³/mol. The first kappa shape index (κ1) is 81.8. The van der Waals surface area contributed by atoms with Crippen LogP contribution in [0.1, 0.15) is 235 Å². The zero-order valence-corrected chi connectivity index (χ0v) is 62.2. The van der Waals surface area contributed by atoms with Crippen LogP contribution in [0.3, 0.4) is 0 Å². The van der Waals surface area contributed by atoms with Crippen LogP contribution in [0.2, 0.25) is 5.02 Å². The smallest absolute Gasteiger partial charge is 0.345 e. The molecule has 100 heavy (non-hydrogen) atoms. The lowest BCUT2D eigenvalue weighted by Gasteiger charge is -2.14. The van der Waals surface area contributed by atoms with Gasteiger partial charge in [-0.15, -0.1) is 0 Å². The monoisotopic (exact) mass is 1380 g/mol. The van der Waals surface area contributed by atoms with E-state index in [9.17, 15) is 19.2 Å². The van der Waals surface area contributed by atoms with E-state index < -0.39 is 5.97 Å². The lowest BCUT2D eigenvalue weighted by Crippen LogP contribution is -2.12. The Morgan fingerprint density at radius 2 is 0.610 bits per heavy atom. The van der Waals surface area contributed by atoms with Crippen molar-refractivity contribution in [3.05, 3.63) is 238 Å². The van der Waals surface area contributed by atoms with Crippen molar-refractivity contribution in [3.8, 4) is 46.0 Å². The molecule has 4 atom stereocenters. The molecule has 8 aromatic rings. The number of hydrogen-bond donors (Lipinski definition) is 0. The summed E-state index contributed by atoms with van der Waals surface area (Å²) in [7, 11) is 0. The highest BCUT2D eigenvalue weighted by atomic mass is 35.5. The molecule has 0 saturated heterocycles. The molecule has 0 heterocycles. The third-order valence-corrected chi connectivity index (χ3v) is 16.9. The van der Waals surface area contributed by atoms with E-state index in [1.807, 2.05) is 119 Å². The van der Waals surface area contributed by atoms with Gasteiger partial charge in [0.1, 0.15) is 46.0 Å². The maximum Gasteiger partial charge on any atom is 0.345 e. The molecule has 0 aliphatic heterocycles. The van der Waals surface area contributed by atoms with Crippen molar-refractivity contribution in [2.45, 2.75) is 217 Å². The number of hydrogen-bond acceptors (Lipinski definition) is 12. The van der Waals surface area contributed by atoms with Crippen LogP contribution in [0.25, 0.3) is 0 Å². The number of rotatable bonds is 35. The minimum Gasteiger partial charge on any atom is -0.494 e. The number of aryl methyl sites for hydroxylation is 4. The van der Waals surface area contributed by atoms with Gasteiger partial charge in [-0.05, 0) is 257 Å². The molecular weight excluding hydrogens is 1270 g/mol. The minimum atomic E-state index is -0.466. The highest BCUT2D eigenvalue weighted by Crippen LogP contribution is 2.26. The molecule has 0 radical (unpaired) electrons. The average molecular weight is 1380 g/mol. The summed E-state index contributed by atoms with van der Waals surface area (Å²) in [5.41, 5.74) is 6.30. The van der Waals surface area contributed by atoms with E-state index in [1.165, 1.54) is 89.9 Å². The average Bonchev–Trinajstić information content (AvgIpc) is 0.874. The van der Waals surface area contributed by atoms with Gasteiger partial charge in [-0.1, -0.05) is 170 Å². The second kappa shape index (κ2) is 46.5. The van der Waals surface area contributed by atoms with Crippen molar-refractivity contribution in [1.29, 1.82) is 0 Å². The molecule has 0 N–H and O–H groups in total. The standard InChI is InChI=1S/3C22H28O3.C21H25ClO3/c3*1-4-5-6-7-8-18(3)24-20-15-11-19(12-16-20)22(23)25-21-13-9-17(2)10-14-21;1-4-15(2)6-5-13-24-17-8-10-18(11-9-17)25-21(23)19-12-7-16(3)14-20(19)22/h3*9-16,18H,4-8H2,1-3H3;7-12,14-15H,4-6,13H2,1-3H3. The minimum absolute atomic E-state index is 0.183. The van der Waals surface area contributed by atoms with Gasteiger partial charge in [0.15, 0.2) is 0 Å². The zero-order chi connectivity index (χ0) is 72.4. The van der Waals surface area contributed by atoms with Crippen LogP contribution in [-0.4, -0.2) is 48.8 Å². The Balaban J connectivity index is 0.000000240. The van der Waals surface area contributed by atoms with E-state index >= 15 is 0 Å². The number of carbonyl (C=O) groups is 4. The highest BCUT2D eigenvalue weighted by Gasteiger charge is 2.16. The number of halogens is 1. The molecule has 0 aromatic heterocycles. The van der Waals surface area contributed by atoms with Crippen LogP contribution in [0.5, 0.6) is 46.0 Å². The van der Waals surface area contributed by atoms with Crippen LogP contribution >= 0.6 is 11.6 Å². The quantitative estimate of drug-likeness (QED) is 0.0212. The molecule has 8 rings (SSSR count). The first-order valence-electron chi connectivity index (χ1n) is 36.1. The van der Waals surface area contributed by atoms with Gasteiger partial charge in [0.25, 0.3) is 0 Å². The number of ether oxygens (including phenoxy) is 8. The molecule has 0 amide bonds. The molecule has 0 spiro atoms. The third kappa shape index (κ3) is 32.9. The Kier molecular flexibility index (Phi) is 38.0. The summed E-state index contributed by atoms with van der Waals surface area (Å²) < 4.78 is 44.9. The van der Waals surface area contributed by atoms with E-state index in [0.717, 1.165) is 76.9 Å². The Bertz CT molecular complexity index is 3310. The van der Waals surface area contributed by atoms with Gasteiger partial charge in [-0.2, -0.15) is 0 Å². The van der Waals surface area contributed by atoms with Crippen LogP contribution in [-0.2, 0) is 0 Å². The summed E-state index contributed by atoms with van der Waals surface area (Å²) in [5, 5.41) is 0.395. The zero-order valence-electron chi connectivity index (χ0n) is 61.4. The van der Waals surface area contributed by atoms with E-state index in [-0.39, 0.29) is 36.2 Å². The third-order valence-electron chi connectivity index (χ3n) is 16.6. The SMILES string of the molecule is CCC(C)CCCOc1ccc(OC(=O)c2ccc(C)cc2Cl)cc1.CCCCCCC(C)Oc1ccc(C(=O)Oc2ccc(C)cc2)cc1.CCCCCCC(C)Oc1ccc(C(=O)Oc2ccc(C)cc2)cc1.CCCCCCC(C)Oc1ccc(C(=O)Oc2ccc(C)cc2)cc1. The molecule has 13 heteroatoms. The molecule has 0 aliphatic rings. The summed E-state index contributed by atoms with van der Waals surface area (Å²) in [6.45, 7) is 26.0. The molecule has 8 aromatic carbocycles. The summed E-state index contributed by atoms with van der Waals surface area (Å²) in [5.74, 6) is 4.45. The summed E-state index contributed by atoms with van der Waals surface area (Å²) >= 11 is 6.10. The lowest BCUT2D eigenvalue weighted by atomic mass is 10.0. The van der Waals surface area contributed by atoms with E-state index in [2.05, 4.69) is 55.4 Å². The molecule has 12 nitrogen and oxygen atoms in total. The van der Waals surface area contributed by atoms with Crippen molar-refractivity contribution < 1.29 is 57.1 Å².